The number of likely N-dealkylation sites (tertiary alicyclic amines) is 1. The van der Waals surface area contributed by atoms with Crippen LogP contribution in [0.3, 0.4) is 0 Å². The molecule has 188 valence electrons. The van der Waals surface area contributed by atoms with Crippen molar-refractivity contribution < 1.29 is 13.5 Å². The van der Waals surface area contributed by atoms with E-state index in [0.29, 0.717) is 16.9 Å². The molecule has 2 saturated heterocycles. The van der Waals surface area contributed by atoms with Gasteiger partial charge in [-0.1, -0.05) is 0 Å². The van der Waals surface area contributed by atoms with Gasteiger partial charge in [0.1, 0.15) is 16.6 Å². The third-order valence-electron chi connectivity index (χ3n) is 8.08. The number of ether oxygens (including phenoxy) is 1. The third-order valence-corrected chi connectivity index (χ3v) is 9.11. The number of thiophene rings is 1. The Bertz CT molecular complexity index is 1670. The Kier molecular flexibility index (Phi) is 4.92. The topological polar surface area (TPSA) is 104 Å². The molecule has 6 heterocycles. The van der Waals surface area contributed by atoms with E-state index < -0.39 is 11.6 Å². The molecule has 3 aliphatic rings. The van der Waals surface area contributed by atoms with E-state index in [-0.39, 0.29) is 56.1 Å². The van der Waals surface area contributed by atoms with Gasteiger partial charge in [0.05, 0.1) is 35.4 Å². The van der Waals surface area contributed by atoms with E-state index in [9.17, 15) is 9.65 Å². The first-order chi connectivity index (χ1) is 17.9. The maximum Gasteiger partial charge on any atom is 0.225 e. The molecule has 11 heteroatoms. The molecule has 0 aliphatic carbocycles. The molecule has 3 aliphatic heterocycles. The fourth-order valence-electron chi connectivity index (χ4n) is 6.29. The van der Waals surface area contributed by atoms with E-state index in [0.717, 1.165) is 62.1 Å². The van der Waals surface area contributed by atoms with Gasteiger partial charge in [-0.3, -0.25) is 4.98 Å². The second-order valence-corrected chi connectivity index (χ2v) is 11.4. The summed E-state index contributed by atoms with van der Waals surface area (Å²) in [7, 11) is 2.14. The second-order valence-electron chi connectivity index (χ2n) is 10.3. The number of fused-ring (bicyclic) bond motifs is 4. The molecule has 4 aromatic rings. The minimum Gasteiger partial charge on any atom is -0.389 e. The summed E-state index contributed by atoms with van der Waals surface area (Å²) in [4.78, 5) is 18.1. The van der Waals surface area contributed by atoms with Crippen molar-refractivity contribution in [2.75, 3.05) is 43.9 Å². The number of hydrogen-bond acceptors (Lipinski definition) is 9. The fraction of sp³-hybridized carbons (Fsp3) is 0.385. The average Bonchev–Trinajstić information content (AvgIpc) is 3.67. The van der Waals surface area contributed by atoms with Crippen LogP contribution in [-0.4, -0.2) is 53.1 Å². The lowest BCUT2D eigenvalue weighted by Crippen LogP contribution is -2.30. The van der Waals surface area contributed by atoms with Crippen LogP contribution in [0.2, 0.25) is 0 Å². The minimum absolute atomic E-state index is 0.0986. The van der Waals surface area contributed by atoms with Crippen LogP contribution in [0.4, 0.5) is 19.7 Å². The second kappa shape index (κ2) is 8.02. The van der Waals surface area contributed by atoms with E-state index in [1.54, 1.807) is 6.20 Å². The molecule has 37 heavy (non-hydrogen) atoms. The zero-order chi connectivity index (χ0) is 25.5. The van der Waals surface area contributed by atoms with Crippen LogP contribution in [-0.2, 0) is 18.0 Å². The van der Waals surface area contributed by atoms with Crippen LogP contribution in [0.5, 0.6) is 0 Å². The predicted octanol–water partition coefficient (Wildman–Crippen LogP) is 4.20. The number of pyridine rings is 1. The summed E-state index contributed by atoms with van der Waals surface area (Å²) in [5.41, 5.74) is 8.28. The largest absolute Gasteiger partial charge is 0.389 e. The van der Waals surface area contributed by atoms with Gasteiger partial charge in [-0.05, 0) is 37.6 Å². The van der Waals surface area contributed by atoms with Crippen LogP contribution < -0.4 is 10.6 Å². The molecule has 1 spiro atoms. The van der Waals surface area contributed by atoms with Crippen molar-refractivity contribution in [2.45, 2.75) is 26.1 Å². The maximum absolute atomic E-state index is 16.5. The zero-order valence-electron chi connectivity index (χ0n) is 20.1. The number of aromatic nitrogens is 3. The standard InChI is InChI=1S/C26H23F2N7OS/c1-34-4-2-26(11-34)3-5-35(12-26)25-32-7-14-15-9-36-10-16(15)18(20(28)21(14)33-25)22-19-13(6-29)24(30)37-23(19)17(27)8-31-22/h7-8H,2-5,9-12,30H2,1H3. The first-order valence-electron chi connectivity index (χ1n) is 12.2. The van der Waals surface area contributed by atoms with Crippen molar-refractivity contribution in [2.24, 2.45) is 5.41 Å². The molecule has 2 N–H and O–H groups in total. The van der Waals surface area contributed by atoms with Gasteiger partial charge < -0.3 is 20.3 Å². The van der Waals surface area contributed by atoms with E-state index >= 15 is 4.39 Å². The van der Waals surface area contributed by atoms with E-state index in [2.05, 4.69) is 26.8 Å². The zero-order valence-corrected chi connectivity index (χ0v) is 21.0. The Morgan fingerprint density at radius 2 is 1.95 bits per heavy atom. The summed E-state index contributed by atoms with van der Waals surface area (Å²) in [6, 6.07) is 2.04. The maximum atomic E-state index is 16.5. The molecular formula is C26H23F2N7OS. The molecule has 2 fully saturated rings. The number of hydrogen-bond donors (Lipinski definition) is 1. The first kappa shape index (κ1) is 22.7. The Morgan fingerprint density at radius 3 is 2.73 bits per heavy atom. The van der Waals surface area contributed by atoms with Gasteiger partial charge in [-0.15, -0.1) is 11.3 Å². The first-order valence-corrected chi connectivity index (χ1v) is 13.0. The number of nitrogens with zero attached hydrogens (tertiary/aromatic N) is 6. The van der Waals surface area contributed by atoms with Gasteiger partial charge in [0.2, 0.25) is 5.95 Å². The summed E-state index contributed by atoms with van der Waals surface area (Å²) in [6.45, 7) is 4.23. The van der Waals surface area contributed by atoms with Gasteiger partial charge in [0.25, 0.3) is 0 Å². The quantitative estimate of drug-likeness (QED) is 0.420. The lowest BCUT2D eigenvalue weighted by Gasteiger charge is -2.24. The van der Waals surface area contributed by atoms with Crippen molar-refractivity contribution in [3.8, 4) is 17.3 Å². The summed E-state index contributed by atoms with van der Waals surface area (Å²) in [5.74, 6) is -0.681. The molecule has 0 radical (unpaired) electrons. The Balaban J connectivity index is 1.42. The van der Waals surface area contributed by atoms with Crippen molar-refractivity contribution in [1.29, 1.82) is 5.26 Å². The molecule has 0 bridgehead atoms. The average molecular weight is 520 g/mol. The highest BCUT2D eigenvalue weighted by Gasteiger charge is 2.43. The van der Waals surface area contributed by atoms with Crippen LogP contribution in [0.25, 0.3) is 32.2 Å². The lowest BCUT2D eigenvalue weighted by molar-refractivity contribution is 0.135. The predicted molar refractivity (Wildman–Crippen MR) is 137 cm³/mol. The molecule has 3 aromatic heterocycles. The van der Waals surface area contributed by atoms with Crippen molar-refractivity contribution >= 4 is 43.3 Å². The van der Waals surface area contributed by atoms with Crippen LogP contribution in [0.15, 0.2) is 12.4 Å². The van der Waals surface area contributed by atoms with Crippen LogP contribution in [0.1, 0.15) is 29.5 Å². The lowest BCUT2D eigenvalue weighted by atomic mass is 9.86. The van der Waals surface area contributed by atoms with Crippen molar-refractivity contribution in [3.05, 3.63) is 40.7 Å². The normalized spacial score (nSPS) is 21.5. The van der Waals surface area contributed by atoms with E-state index in [1.165, 1.54) is 0 Å². The Morgan fingerprint density at radius 1 is 1.14 bits per heavy atom. The number of halogens is 2. The third kappa shape index (κ3) is 3.26. The number of nitrogens with two attached hydrogens (primary N) is 1. The van der Waals surface area contributed by atoms with Crippen LogP contribution in [0, 0.1) is 28.4 Å². The highest BCUT2D eigenvalue weighted by molar-refractivity contribution is 7.23. The highest BCUT2D eigenvalue weighted by Crippen LogP contribution is 2.45. The highest BCUT2D eigenvalue weighted by atomic mass is 32.1. The molecule has 8 nitrogen and oxygen atoms in total. The SMILES string of the molecule is CN1CCC2(CCN(c3ncc4c5c(c(-c6ncc(F)c7sc(N)c(C#N)c67)c(F)c4n3)COC5)C2)C1. The molecule has 0 saturated carbocycles. The van der Waals surface area contributed by atoms with Gasteiger partial charge >= 0.3 is 0 Å². The number of nitriles is 1. The Hall–Kier alpha value is -3.46. The molecule has 1 aromatic carbocycles. The summed E-state index contributed by atoms with van der Waals surface area (Å²) in [5, 5.41) is 10.7. The molecule has 7 rings (SSSR count). The number of anilines is 2. The molecule has 1 unspecified atom stereocenters. The number of rotatable bonds is 2. The summed E-state index contributed by atoms with van der Waals surface area (Å²) in [6.07, 6.45) is 4.92. The summed E-state index contributed by atoms with van der Waals surface area (Å²) < 4.78 is 37.0. The Labute approximate surface area is 215 Å². The van der Waals surface area contributed by atoms with Crippen molar-refractivity contribution in [1.82, 2.24) is 19.9 Å². The van der Waals surface area contributed by atoms with Crippen molar-refractivity contribution in [3.63, 3.8) is 0 Å². The fourth-order valence-corrected chi connectivity index (χ4v) is 7.21. The van der Waals surface area contributed by atoms with E-state index in [1.807, 2.05) is 6.07 Å². The summed E-state index contributed by atoms with van der Waals surface area (Å²) >= 11 is 0.961. The van der Waals surface area contributed by atoms with Gasteiger partial charge in [0.15, 0.2) is 11.6 Å². The van der Waals surface area contributed by atoms with Gasteiger partial charge in [-0.25, -0.2) is 18.7 Å². The smallest absolute Gasteiger partial charge is 0.225 e. The molecular weight excluding hydrogens is 496 g/mol. The minimum atomic E-state index is -0.601. The van der Waals surface area contributed by atoms with Gasteiger partial charge in [-0.2, -0.15) is 5.26 Å². The molecule has 0 amide bonds. The monoisotopic (exact) mass is 519 g/mol. The van der Waals surface area contributed by atoms with E-state index in [4.69, 9.17) is 15.5 Å². The van der Waals surface area contributed by atoms with Crippen LogP contribution >= 0.6 is 11.3 Å². The number of benzene rings is 1. The molecule has 1 atom stereocenters. The van der Waals surface area contributed by atoms with Gasteiger partial charge in [0, 0.05) is 47.6 Å². The number of nitrogen functional groups attached to an aromatic ring is 1.